The highest BCUT2D eigenvalue weighted by atomic mass is 28.4. The van der Waals surface area contributed by atoms with Crippen LogP contribution in [0.2, 0.25) is 18.1 Å². The van der Waals surface area contributed by atoms with Gasteiger partial charge in [-0.15, -0.1) is 0 Å². The first kappa shape index (κ1) is 23.7. The summed E-state index contributed by atoms with van der Waals surface area (Å²) in [5.41, 5.74) is 1.75. The number of hydrogen-bond donors (Lipinski definition) is 0. The van der Waals surface area contributed by atoms with Crippen LogP contribution in [0.25, 0.3) is 17.0 Å². The number of oxazole rings is 1. The Bertz CT molecular complexity index is 943. The van der Waals surface area contributed by atoms with Crippen molar-refractivity contribution in [2.24, 2.45) is 0 Å². The van der Waals surface area contributed by atoms with Crippen LogP contribution in [0.15, 0.2) is 47.0 Å². The molecule has 6 heteroatoms. The van der Waals surface area contributed by atoms with Gasteiger partial charge >= 0.3 is 5.97 Å². The third kappa shape index (κ3) is 6.44. The Balaban J connectivity index is 2.32. The van der Waals surface area contributed by atoms with Gasteiger partial charge in [-0.25, -0.2) is 9.78 Å². The van der Waals surface area contributed by atoms with E-state index in [4.69, 9.17) is 13.6 Å². The van der Waals surface area contributed by atoms with Gasteiger partial charge in [0, 0.05) is 11.5 Å². The Labute approximate surface area is 180 Å². The molecule has 1 atom stereocenters. The van der Waals surface area contributed by atoms with Crippen LogP contribution in [-0.4, -0.2) is 32.0 Å². The normalized spacial score (nSPS) is 13.4. The Morgan fingerprint density at radius 3 is 2.53 bits per heavy atom. The van der Waals surface area contributed by atoms with Gasteiger partial charge in [-0.3, -0.25) is 0 Å². The average molecular weight is 426 g/mol. The van der Waals surface area contributed by atoms with Crippen molar-refractivity contribution >= 4 is 19.9 Å². The Hall–Kier alpha value is -2.62. The molecule has 1 unspecified atom stereocenters. The number of hydrogen-bond acceptors (Lipinski definition) is 5. The molecule has 2 aromatic rings. The Kier molecular flexibility index (Phi) is 7.82. The van der Waals surface area contributed by atoms with Crippen LogP contribution in [0.5, 0.6) is 0 Å². The van der Waals surface area contributed by atoms with Crippen molar-refractivity contribution < 1.29 is 18.4 Å². The van der Waals surface area contributed by atoms with Crippen LogP contribution in [0.1, 0.15) is 40.4 Å². The summed E-state index contributed by atoms with van der Waals surface area (Å²) in [7, 11) is -2.12. The van der Waals surface area contributed by atoms with Gasteiger partial charge in [0.2, 0.25) is 5.89 Å². The minimum atomic E-state index is -2.12. The predicted molar refractivity (Wildman–Crippen MR) is 122 cm³/mol. The van der Waals surface area contributed by atoms with Crippen LogP contribution in [-0.2, 0) is 14.0 Å². The average Bonchev–Trinajstić information content (AvgIpc) is 3.16. The first-order valence-electron chi connectivity index (χ1n) is 10.1. The van der Waals surface area contributed by atoms with Gasteiger partial charge in [0.25, 0.3) is 0 Å². The SMILES string of the molecule is CCOC(=O)C#CC(/C=C(/C)c1cnc(-c2ccccc2)o1)O[Si](C)(C)C(C)(C)C. The van der Waals surface area contributed by atoms with Gasteiger partial charge in [-0.2, -0.15) is 0 Å². The maximum absolute atomic E-state index is 11.7. The Morgan fingerprint density at radius 1 is 1.27 bits per heavy atom. The number of carbonyl (C=O) groups is 1. The van der Waals surface area contributed by atoms with Crippen LogP contribution in [0, 0.1) is 11.8 Å². The molecule has 5 nitrogen and oxygen atoms in total. The maximum atomic E-state index is 11.7. The smallest absolute Gasteiger partial charge is 0.384 e. The molecule has 1 aromatic heterocycles. The molecule has 0 aliphatic carbocycles. The molecule has 0 bridgehead atoms. The van der Waals surface area contributed by atoms with Gasteiger partial charge in [-0.1, -0.05) is 44.9 Å². The summed E-state index contributed by atoms with van der Waals surface area (Å²) < 4.78 is 17.3. The van der Waals surface area contributed by atoms with Gasteiger partial charge in [0.1, 0.15) is 6.10 Å². The number of benzene rings is 1. The Morgan fingerprint density at radius 2 is 1.93 bits per heavy atom. The van der Waals surface area contributed by atoms with E-state index in [0.29, 0.717) is 11.7 Å². The molecule has 0 amide bonds. The lowest BCUT2D eigenvalue weighted by atomic mass is 10.2. The standard InChI is InChI=1S/C24H31NO4Si/c1-8-27-22(26)15-14-20(29-30(6,7)24(3,4)5)16-18(2)21-17-25-23(28-21)19-12-10-9-11-13-19/h9-13,16-17,20H,8H2,1-7H3/b18-16-. The molecular formula is C24H31NO4Si. The van der Waals surface area contributed by atoms with E-state index in [-0.39, 0.29) is 11.6 Å². The van der Waals surface area contributed by atoms with E-state index in [1.54, 1.807) is 13.1 Å². The largest absolute Gasteiger partial charge is 0.456 e. The zero-order valence-corrected chi connectivity index (χ0v) is 19.9. The van der Waals surface area contributed by atoms with Crippen molar-refractivity contribution in [2.75, 3.05) is 6.61 Å². The quantitative estimate of drug-likeness (QED) is 0.257. The third-order valence-electron chi connectivity index (χ3n) is 5.14. The number of nitrogens with zero attached hydrogens (tertiary/aromatic N) is 1. The fourth-order valence-electron chi connectivity index (χ4n) is 2.38. The van der Waals surface area contributed by atoms with Gasteiger partial charge < -0.3 is 13.6 Å². The van der Waals surface area contributed by atoms with E-state index in [2.05, 4.69) is 50.7 Å². The van der Waals surface area contributed by atoms with E-state index >= 15 is 0 Å². The molecule has 0 saturated heterocycles. The highest BCUT2D eigenvalue weighted by Gasteiger charge is 2.38. The van der Waals surface area contributed by atoms with E-state index in [9.17, 15) is 4.79 Å². The van der Waals surface area contributed by atoms with Gasteiger partial charge in [0.05, 0.1) is 12.8 Å². The van der Waals surface area contributed by atoms with Gasteiger partial charge in [-0.05, 0) is 55.8 Å². The lowest BCUT2D eigenvalue weighted by Gasteiger charge is -2.37. The number of allylic oxidation sites excluding steroid dienone is 1. The minimum absolute atomic E-state index is 0.00528. The zero-order valence-electron chi connectivity index (χ0n) is 18.9. The van der Waals surface area contributed by atoms with Crippen LogP contribution < -0.4 is 0 Å². The molecule has 0 saturated carbocycles. The van der Waals surface area contributed by atoms with Crippen molar-refractivity contribution in [1.82, 2.24) is 4.98 Å². The molecule has 0 N–H and O–H groups in total. The highest BCUT2D eigenvalue weighted by molar-refractivity contribution is 6.74. The molecule has 0 radical (unpaired) electrons. The first-order chi connectivity index (χ1) is 14.0. The number of rotatable bonds is 6. The van der Waals surface area contributed by atoms with Crippen molar-refractivity contribution in [3.05, 3.63) is 48.4 Å². The molecule has 1 heterocycles. The highest BCUT2D eigenvalue weighted by Crippen LogP contribution is 2.37. The summed E-state index contributed by atoms with van der Waals surface area (Å²) >= 11 is 0. The number of ether oxygens (including phenoxy) is 1. The summed E-state index contributed by atoms with van der Waals surface area (Å²) in [5, 5.41) is 0.00528. The van der Waals surface area contributed by atoms with E-state index in [1.807, 2.05) is 43.3 Å². The van der Waals surface area contributed by atoms with Crippen LogP contribution >= 0.6 is 0 Å². The van der Waals surface area contributed by atoms with Gasteiger partial charge in [0.15, 0.2) is 14.1 Å². The molecule has 0 fully saturated rings. The number of aromatic nitrogens is 1. The fraction of sp³-hybridized carbons (Fsp3) is 0.417. The van der Waals surface area contributed by atoms with Crippen molar-refractivity contribution in [3.8, 4) is 23.3 Å². The van der Waals surface area contributed by atoms with Crippen LogP contribution in [0.3, 0.4) is 0 Å². The lowest BCUT2D eigenvalue weighted by molar-refractivity contribution is -0.136. The summed E-state index contributed by atoms with van der Waals surface area (Å²) in [6.45, 7) is 14.7. The van der Waals surface area contributed by atoms with E-state index < -0.39 is 20.4 Å². The molecular weight excluding hydrogens is 394 g/mol. The summed E-state index contributed by atoms with van der Waals surface area (Å²) in [6.07, 6.45) is 3.01. The predicted octanol–water partition coefficient (Wildman–Crippen LogP) is 5.70. The number of esters is 1. The number of carbonyl (C=O) groups excluding carboxylic acids is 1. The van der Waals surface area contributed by atoms with Crippen molar-refractivity contribution in [3.63, 3.8) is 0 Å². The van der Waals surface area contributed by atoms with Crippen molar-refractivity contribution in [1.29, 1.82) is 0 Å². The summed E-state index contributed by atoms with van der Waals surface area (Å²) in [4.78, 5) is 16.1. The molecule has 1 aromatic carbocycles. The summed E-state index contributed by atoms with van der Waals surface area (Å²) in [5.74, 6) is 6.09. The lowest BCUT2D eigenvalue weighted by Crippen LogP contribution is -2.43. The first-order valence-corrected chi connectivity index (χ1v) is 13.0. The molecule has 2 rings (SSSR count). The zero-order chi connectivity index (χ0) is 22.4. The second-order valence-electron chi connectivity index (χ2n) is 8.53. The van der Waals surface area contributed by atoms with Crippen LogP contribution in [0.4, 0.5) is 0 Å². The van der Waals surface area contributed by atoms with E-state index in [0.717, 1.165) is 11.1 Å². The second-order valence-corrected chi connectivity index (χ2v) is 13.3. The molecule has 0 aliphatic heterocycles. The monoisotopic (exact) mass is 425 g/mol. The molecule has 160 valence electrons. The topological polar surface area (TPSA) is 61.6 Å². The fourth-order valence-corrected chi connectivity index (χ4v) is 3.49. The minimum Gasteiger partial charge on any atom is -0.456 e. The second kappa shape index (κ2) is 9.92. The van der Waals surface area contributed by atoms with E-state index in [1.165, 1.54) is 0 Å². The third-order valence-corrected chi connectivity index (χ3v) is 9.59. The van der Waals surface area contributed by atoms with Crippen molar-refractivity contribution in [2.45, 2.75) is 58.9 Å². The maximum Gasteiger partial charge on any atom is 0.384 e. The molecule has 0 spiro atoms. The molecule has 0 aliphatic rings. The molecule has 30 heavy (non-hydrogen) atoms. The summed E-state index contributed by atoms with van der Waals surface area (Å²) in [6, 6.07) is 9.72.